The van der Waals surface area contributed by atoms with Crippen molar-refractivity contribution < 1.29 is 9.53 Å². The van der Waals surface area contributed by atoms with E-state index in [1.54, 1.807) is 18.2 Å². The topological polar surface area (TPSA) is 26.3 Å². The number of carbonyl (C=O) groups is 1. The van der Waals surface area contributed by atoms with E-state index in [1.165, 1.54) is 0 Å². The highest BCUT2D eigenvalue weighted by Crippen LogP contribution is 2.19. The summed E-state index contributed by atoms with van der Waals surface area (Å²) < 4.78 is 5.92. The van der Waals surface area contributed by atoms with Crippen molar-refractivity contribution in [2.75, 3.05) is 0 Å². The van der Waals surface area contributed by atoms with Crippen molar-refractivity contribution in [2.45, 2.75) is 26.4 Å². The van der Waals surface area contributed by atoms with Crippen LogP contribution < -0.4 is 0 Å². The largest absolute Gasteiger partial charge is 0.456 e. The summed E-state index contributed by atoms with van der Waals surface area (Å²) >= 11 is 3.27. The summed E-state index contributed by atoms with van der Waals surface area (Å²) in [5.74, 6) is -0.321. The van der Waals surface area contributed by atoms with Crippen LogP contribution in [0.15, 0.2) is 22.7 Å². The van der Waals surface area contributed by atoms with Gasteiger partial charge in [-0.25, -0.2) is 4.79 Å². The number of esters is 1. The fourth-order valence-corrected chi connectivity index (χ4v) is 1.33. The van der Waals surface area contributed by atoms with Crippen LogP contribution in [-0.4, -0.2) is 11.6 Å². The Balaban J connectivity index is 2.86. The average Bonchev–Trinajstić information content (AvgIpc) is 2.01. The highest BCUT2D eigenvalue weighted by Gasteiger charge is 2.19. The first-order valence-corrected chi connectivity index (χ1v) is 5.08. The summed E-state index contributed by atoms with van der Waals surface area (Å²) in [5.41, 5.74) is 0.0643. The molecule has 0 aliphatic heterocycles. The quantitative estimate of drug-likeness (QED) is 0.721. The number of hydrogen-bond donors (Lipinski definition) is 0. The van der Waals surface area contributed by atoms with E-state index in [2.05, 4.69) is 22.0 Å². The van der Waals surface area contributed by atoms with E-state index < -0.39 is 5.60 Å². The maximum atomic E-state index is 11.6. The van der Waals surface area contributed by atoms with Gasteiger partial charge < -0.3 is 4.74 Å². The molecule has 0 aromatic heterocycles. The van der Waals surface area contributed by atoms with Gasteiger partial charge in [0.15, 0.2) is 0 Å². The highest BCUT2D eigenvalue weighted by atomic mass is 79.9. The first-order chi connectivity index (χ1) is 6.40. The molecule has 1 aromatic carbocycles. The second kappa shape index (κ2) is 4.13. The molecule has 0 bridgehead atoms. The van der Waals surface area contributed by atoms with Gasteiger partial charge in [-0.2, -0.15) is 0 Å². The zero-order chi connectivity index (χ0) is 10.8. The molecule has 0 spiro atoms. The van der Waals surface area contributed by atoms with Gasteiger partial charge in [0.1, 0.15) is 5.60 Å². The first-order valence-electron chi connectivity index (χ1n) is 4.29. The van der Waals surface area contributed by atoms with Crippen LogP contribution in [0, 0.1) is 6.07 Å². The van der Waals surface area contributed by atoms with E-state index >= 15 is 0 Å². The van der Waals surface area contributed by atoms with E-state index in [-0.39, 0.29) is 5.97 Å². The predicted molar refractivity (Wildman–Crippen MR) is 58.1 cm³/mol. The van der Waals surface area contributed by atoms with Gasteiger partial charge in [0.25, 0.3) is 0 Å². The van der Waals surface area contributed by atoms with Crippen LogP contribution in [-0.2, 0) is 4.74 Å². The molecular formula is C11H12BrO2. The Morgan fingerprint density at radius 1 is 1.50 bits per heavy atom. The number of benzene rings is 1. The second-order valence-corrected chi connectivity index (χ2v) is 4.76. The van der Waals surface area contributed by atoms with Crippen LogP contribution in [0.4, 0.5) is 0 Å². The lowest BCUT2D eigenvalue weighted by Gasteiger charge is -2.19. The highest BCUT2D eigenvalue weighted by molar-refractivity contribution is 9.10. The Labute approximate surface area is 92.4 Å². The molecule has 14 heavy (non-hydrogen) atoms. The molecule has 0 heterocycles. The first kappa shape index (κ1) is 11.2. The molecule has 1 aromatic rings. The second-order valence-electron chi connectivity index (χ2n) is 3.91. The number of carbonyl (C=O) groups excluding carboxylic acids is 1. The molecule has 0 N–H and O–H groups in total. The Bertz CT molecular complexity index is 339. The standard InChI is InChI=1S/C11H12BrO2/c1-11(2,3)14-10(13)8-6-4-5-7-9(8)12/h4,6-7H,1-3H3. The third-order valence-electron chi connectivity index (χ3n) is 1.43. The van der Waals surface area contributed by atoms with E-state index in [9.17, 15) is 4.79 Å². The Morgan fingerprint density at radius 2 is 2.14 bits per heavy atom. The monoisotopic (exact) mass is 255 g/mol. The Morgan fingerprint density at radius 3 is 2.64 bits per heavy atom. The zero-order valence-corrected chi connectivity index (χ0v) is 10.0. The van der Waals surface area contributed by atoms with Gasteiger partial charge in [-0.15, -0.1) is 0 Å². The molecule has 0 saturated heterocycles. The van der Waals surface area contributed by atoms with Crippen molar-refractivity contribution >= 4 is 21.9 Å². The fourth-order valence-electron chi connectivity index (χ4n) is 0.909. The third kappa shape index (κ3) is 3.14. The summed E-state index contributed by atoms with van der Waals surface area (Å²) in [5, 5.41) is 0. The third-order valence-corrected chi connectivity index (χ3v) is 2.09. The predicted octanol–water partition coefficient (Wildman–Crippen LogP) is 3.20. The van der Waals surface area contributed by atoms with Gasteiger partial charge in [0.2, 0.25) is 0 Å². The van der Waals surface area contributed by atoms with Crippen LogP contribution in [0.25, 0.3) is 0 Å². The minimum Gasteiger partial charge on any atom is -0.456 e. The summed E-state index contributed by atoms with van der Waals surface area (Å²) in [6.07, 6.45) is 0. The molecule has 0 fully saturated rings. The molecule has 3 heteroatoms. The summed E-state index contributed by atoms with van der Waals surface area (Å²) in [6.45, 7) is 5.52. The maximum Gasteiger partial charge on any atom is 0.339 e. The van der Waals surface area contributed by atoms with Gasteiger partial charge >= 0.3 is 5.97 Å². The van der Waals surface area contributed by atoms with E-state index in [0.717, 1.165) is 0 Å². The van der Waals surface area contributed by atoms with Gasteiger partial charge in [0.05, 0.1) is 5.56 Å². The van der Waals surface area contributed by atoms with Crippen molar-refractivity contribution in [1.82, 2.24) is 0 Å². The van der Waals surface area contributed by atoms with Crippen molar-refractivity contribution in [2.24, 2.45) is 0 Å². The van der Waals surface area contributed by atoms with Crippen molar-refractivity contribution in [3.63, 3.8) is 0 Å². The van der Waals surface area contributed by atoms with Gasteiger partial charge in [-0.1, -0.05) is 6.07 Å². The summed E-state index contributed by atoms with van der Waals surface area (Å²) in [6, 6.07) is 7.92. The lowest BCUT2D eigenvalue weighted by atomic mass is 10.2. The molecule has 1 radical (unpaired) electrons. The molecule has 0 amide bonds. The molecule has 0 saturated carbocycles. The fraction of sp³-hybridized carbons (Fsp3) is 0.364. The average molecular weight is 256 g/mol. The number of hydrogen-bond acceptors (Lipinski definition) is 2. The minimum absolute atomic E-state index is 0.321. The van der Waals surface area contributed by atoms with Crippen LogP contribution in [0.2, 0.25) is 0 Å². The number of rotatable bonds is 1. The molecule has 0 unspecified atom stereocenters. The minimum atomic E-state index is -0.462. The molecule has 0 aliphatic carbocycles. The number of ether oxygens (including phenoxy) is 1. The molecular weight excluding hydrogens is 244 g/mol. The van der Waals surface area contributed by atoms with Crippen molar-refractivity contribution in [1.29, 1.82) is 0 Å². The Kier molecular flexibility index (Phi) is 3.32. The zero-order valence-electron chi connectivity index (χ0n) is 8.43. The van der Waals surface area contributed by atoms with Gasteiger partial charge in [0, 0.05) is 4.47 Å². The lowest BCUT2D eigenvalue weighted by Crippen LogP contribution is -2.24. The van der Waals surface area contributed by atoms with Crippen LogP contribution in [0.5, 0.6) is 0 Å². The maximum absolute atomic E-state index is 11.6. The van der Waals surface area contributed by atoms with Crippen molar-refractivity contribution in [3.05, 3.63) is 34.3 Å². The Hall–Kier alpha value is -0.830. The van der Waals surface area contributed by atoms with E-state index in [1.807, 2.05) is 20.8 Å². The lowest BCUT2D eigenvalue weighted by molar-refractivity contribution is 0.00685. The van der Waals surface area contributed by atoms with Crippen LogP contribution in [0.1, 0.15) is 31.1 Å². The molecule has 75 valence electrons. The number of halogens is 1. The van der Waals surface area contributed by atoms with Crippen LogP contribution >= 0.6 is 15.9 Å². The van der Waals surface area contributed by atoms with Crippen molar-refractivity contribution in [3.8, 4) is 0 Å². The summed E-state index contributed by atoms with van der Waals surface area (Å²) in [7, 11) is 0. The van der Waals surface area contributed by atoms with E-state index in [0.29, 0.717) is 10.0 Å². The van der Waals surface area contributed by atoms with E-state index in [4.69, 9.17) is 4.74 Å². The smallest absolute Gasteiger partial charge is 0.339 e. The molecule has 0 atom stereocenters. The van der Waals surface area contributed by atoms with Crippen LogP contribution in [0.3, 0.4) is 0 Å². The normalized spacial score (nSPS) is 11.1. The summed E-state index contributed by atoms with van der Waals surface area (Å²) in [4.78, 5) is 11.6. The van der Waals surface area contributed by atoms with Gasteiger partial charge in [-0.3, -0.25) is 0 Å². The molecule has 2 nitrogen and oxygen atoms in total. The van der Waals surface area contributed by atoms with Gasteiger partial charge in [-0.05, 0) is 54.9 Å². The SMILES string of the molecule is CC(C)(C)OC(=O)c1cc[c]cc1Br. The molecule has 1 rings (SSSR count). The molecule has 0 aliphatic rings.